The van der Waals surface area contributed by atoms with Crippen molar-refractivity contribution in [2.45, 2.75) is 110 Å². The van der Waals surface area contributed by atoms with Crippen LogP contribution in [-0.2, 0) is 0 Å². The number of hydrogen-bond acceptors (Lipinski definition) is 0. The van der Waals surface area contributed by atoms with Gasteiger partial charge in [-0.1, -0.05) is 69.4 Å². The van der Waals surface area contributed by atoms with E-state index in [4.69, 9.17) is 0 Å². The lowest BCUT2D eigenvalue weighted by atomic mass is 9.66. The van der Waals surface area contributed by atoms with Gasteiger partial charge in [0.15, 0.2) is 0 Å². The summed E-state index contributed by atoms with van der Waals surface area (Å²) in [5.74, 6) is 3.72. The Labute approximate surface area is 156 Å². The zero-order valence-electron chi connectivity index (χ0n) is 16.7. The molecule has 4 aliphatic rings. The molecule has 0 nitrogen and oxygen atoms in total. The van der Waals surface area contributed by atoms with Gasteiger partial charge in [0.1, 0.15) is 0 Å². The fourth-order valence-corrected chi connectivity index (χ4v) is 6.65. The second kappa shape index (κ2) is 8.45. The molecule has 0 heterocycles. The summed E-state index contributed by atoms with van der Waals surface area (Å²) in [6.45, 7) is 2.52. The first kappa shape index (κ1) is 17.9. The van der Waals surface area contributed by atoms with E-state index < -0.39 is 0 Å². The monoisotopic (exact) mass is 340 g/mol. The van der Waals surface area contributed by atoms with Gasteiger partial charge in [0.25, 0.3) is 0 Å². The van der Waals surface area contributed by atoms with Gasteiger partial charge in [-0.15, -0.1) is 0 Å². The van der Waals surface area contributed by atoms with E-state index in [9.17, 15) is 0 Å². The molecular formula is C25H40. The average Bonchev–Trinajstić information content (AvgIpc) is 2.70. The van der Waals surface area contributed by atoms with Crippen molar-refractivity contribution in [2.24, 2.45) is 23.7 Å². The van der Waals surface area contributed by atoms with E-state index in [0.29, 0.717) is 0 Å². The average molecular weight is 341 g/mol. The van der Waals surface area contributed by atoms with Gasteiger partial charge < -0.3 is 0 Å². The quantitative estimate of drug-likeness (QED) is 0.488. The molecule has 0 aromatic carbocycles. The SMILES string of the molecule is CC1=C(C2CCCCC2)CC(C2CCCCC2)C=C1C1CCCCC1. The molecule has 25 heavy (non-hydrogen) atoms. The highest BCUT2D eigenvalue weighted by atomic mass is 14.4. The molecule has 140 valence electrons. The third kappa shape index (κ3) is 4.09. The van der Waals surface area contributed by atoms with Crippen molar-refractivity contribution < 1.29 is 0 Å². The maximum absolute atomic E-state index is 2.83. The summed E-state index contributed by atoms with van der Waals surface area (Å²) in [4.78, 5) is 0. The first-order chi connectivity index (χ1) is 12.3. The minimum atomic E-state index is 0.887. The molecule has 4 aliphatic carbocycles. The summed E-state index contributed by atoms with van der Waals surface area (Å²) < 4.78 is 0. The molecule has 0 N–H and O–H groups in total. The highest BCUT2D eigenvalue weighted by Crippen LogP contribution is 2.47. The van der Waals surface area contributed by atoms with Gasteiger partial charge in [-0.25, -0.2) is 0 Å². The van der Waals surface area contributed by atoms with Crippen LogP contribution in [0.15, 0.2) is 22.8 Å². The number of allylic oxidation sites excluding steroid dienone is 4. The third-order valence-corrected chi connectivity index (χ3v) is 8.16. The molecule has 3 saturated carbocycles. The molecule has 1 atom stereocenters. The van der Waals surface area contributed by atoms with Crippen LogP contribution in [0.3, 0.4) is 0 Å². The van der Waals surface area contributed by atoms with Gasteiger partial charge in [0, 0.05) is 0 Å². The highest BCUT2D eigenvalue weighted by Gasteiger charge is 2.33. The minimum Gasteiger partial charge on any atom is -0.0771 e. The molecule has 3 fully saturated rings. The van der Waals surface area contributed by atoms with Crippen LogP contribution in [0.1, 0.15) is 110 Å². The summed E-state index contributed by atoms with van der Waals surface area (Å²) in [5, 5.41) is 0. The lowest BCUT2D eigenvalue weighted by molar-refractivity contribution is 0.267. The van der Waals surface area contributed by atoms with Crippen molar-refractivity contribution >= 4 is 0 Å². The van der Waals surface area contributed by atoms with Crippen LogP contribution in [0.5, 0.6) is 0 Å². The van der Waals surface area contributed by atoms with E-state index in [0.717, 1.165) is 23.7 Å². The lowest BCUT2D eigenvalue weighted by Crippen LogP contribution is -2.25. The van der Waals surface area contributed by atoms with Crippen molar-refractivity contribution in [3.05, 3.63) is 22.8 Å². The zero-order valence-corrected chi connectivity index (χ0v) is 16.7. The van der Waals surface area contributed by atoms with Crippen LogP contribution in [0.4, 0.5) is 0 Å². The molecule has 1 unspecified atom stereocenters. The fourth-order valence-electron chi connectivity index (χ4n) is 6.65. The van der Waals surface area contributed by atoms with Gasteiger partial charge in [0.2, 0.25) is 0 Å². The first-order valence-electron chi connectivity index (χ1n) is 11.7. The van der Waals surface area contributed by atoms with Crippen LogP contribution in [0.2, 0.25) is 0 Å². The molecule has 0 radical (unpaired) electrons. The second-order valence-electron chi connectivity index (χ2n) is 9.71. The molecule has 0 saturated heterocycles. The molecule has 0 heteroatoms. The molecule has 0 aliphatic heterocycles. The van der Waals surface area contributed by atoms with E-state index >= 15 is 0 Å². The molecule has 4 rings (SSSR count). The predicted octanol–water partition coefficient (Wildman–Crippen LogP) is 7.99. The third-order valence-electron chi connectivity index (χ3n) is 8.16. The normalized spacial score (nSPS) is 31.2. The van der Waals surface area contributed by atoms with Crippen LogP contribution >= 0.6 is 0 Å². The number of rotatable bonds is 3. The Morgan fingerprint density at radius 3 is 1.76 bits per heavy atom. The van der Waals surface area contributed by atoms with Gasteiger partial charge in [-0.05, 0) is 86.7 Å². The van der Waals surface area contributed by atoms with Gasteiger partial charge in [0.05, 0.1) is 0 Å². The van der Waals surface area contributed by atoms with Crippen LogP contribution < -0.4 is 0 Å². The Hall–Kier alpha value is -0.520. The zero-order chi connectivity index (χ0) is 17.1. The van der Waals surface area contributed by atoms with Crippen LogP contribution in [0.25, 0.3) is 0 Å². The Morgan fingerprint density at radius 1 is 0.640 bits per heavy atom. The highest BCUT2D eigenvalue weighted by molar-refractivity contribution is 5.41. The maximum Gasteiger partial charge on any atom is -0.0162 e. The maximum atomic E-state index is 2.83. The van der Waals surface area contributed by atoms with Crippen molar-refractivity contribution in [3.8, 4) is 0 Å². The smallest absolute Gasteiger partial charge is 0.0162 e. The summed E-state index contributed by atoms with van der Waals surface area (Å²) in [5.41, 5.74) is 5.53. The van der Waals surface area contributed by atoms with Gasteiger partial charge >= 0.3 is 0 Å². The van der Waals surface area contributed by atoms with E-state index in [2.05, 4.69) is 13.0 Å². The summed E-state index contributed by atoms with van der Waals surface area (Å²) in [6, 6.07) is 0. The summed E-state index contributed by atoms with van der Waals surface area (Å²) in [7, 11) is 0. The fraction of sp³-hybridized carbons (Fsp3) is 0.840. The summed E-state index contributed by atoms with van der Waals surface area (Å²) in [6.07, 6.45) is 26.6. The Balaban J connectivity index is 1.60. The largest absolute Gasteiger partial charge is 0.0771 e. The number of hydrogen-bond donors (Lipinski definition) is 0. The first-order valence-corrected chi connectivity index (χ1v) is 11.7. The molecule has 0 amide bonds. The summed E-state index contributed by atoms with van der Waals surface area (Å²) >= 11 is 0. The Morgan fingerprint density at radius 2 is 1.16 bits per heavy atom. The van der Waals surface area contributed by atoms with E-state index in [-0.39, 0.29) is 0 Å². The Bertz CT molecular complexity index is 490. The molecule has 0 aromatic rings. The van der Waals surface area contributed by atoms with Crippen LogP contribution in [0, 0.1) is 23.7 Å². The topological polar surface area (TPSA) is 0 Å². The van der Waals surface area contributed by atoms with Crippen molar-refractivity contribution in [1.82, 2.24) is 0 Å². The van der Waals surface area contributed by atoms with E-state index in [1.807, 2.05) is 11.1 Å². The lowest BCUT2D eigenvalue weighted by Gasteiger charge is -2.39. The molecule has 0 bridgehead atoms. The minimum absolute atomic E-state index is 0.887. The van der Waals surface area contributed by atoms with Gasteiger partial charge in [-0.2, -0.15) is 0 Å². The van der Waals surface area contributed by atoms with Gasteiger partial charge in [-0.3, -0.25) is 0 Å². The van der Waals surface area contributed by atoms with Crippen molar-refractivity contribution in [2.75, 3.05) is 0 Å². The van der Waals surface area contributed by atoms with Crippen molar-refractivity contribution in [3.63, 3.8) is 0 Å². The molecule has 0 spiro atoms. The Kier molecular flexibility index (Phi) is 6.04. The van der Waals surface area contributed by atoms with E-state index in [1.165, 1.54) is 103 Å². The van der Waals surface area contributed by atoms with E-state index in [1.54, 1.807) is 5.57 Å². The molecular weight excluding hydrogens is 300 g/mol. The predicted molar refractivity (Wildman–Crippen MR) is 109 cm³/mol. The molecule has 0 aromatic heterocycles. The van der Waals surface area contributed by atoms with Crippen molar-refractivity contribution in [1.29, 1.82) is 0 Å². The standard InChI is InChI=1S/C25H40/c1-19-24(21-13-7-3-8-14-21)17-23(20-11-5-2-6-12-20)18-25(19)22-15-9-4-10-16-22/h17,20-23H,2-16,18H2,1H3. The van der Waals surface area contributed by atoms with Crippen LogP contribution in [-0.4, -0.2) is 0 Å². The second-order valence-corrected chi connectivity index (χ2v) is 9.71.